The summed E-state index contributed by atoms with van der Waals surface area (Å²) < 4.78 is 15.7. The van der Waals surface area contributed by atoms with Gasteiger partial charge in [-0.2, -0.15) is 0 Å². The van der Waals surface area contributed by atoms with Crippen molar-refractivity contribution in [2.75, 3.05) is 0 Å². The number of rotatable bonds is 4. The molecule has 3 aromatic heterocycles. The summed E-state index contributed by atoms with van der Waals surface area (Å²) in [5.74, 6) is -0.681. The van der Waals surface area contributed by atoms with E-state index in [0.29, 0.717) is 28.7 Å². The number of halogens is 1. The number of carbonyl (C=O) groups is 1. The molecule has 5 nitrogen and oxygen atoms in total. The summed E-state index contributed by atoms with van der Waals surface area (Å²) >= 11 is 0. The molecule has 134 valence electrons. The first-order valence-corrected chi connectivity index (χ1v) is 8.51. The van der Waals surface area contributed by atoms with Gasteiger partial charge in [-0.25, -0.2) is 9.37 Å². The summed E-state index contributed by atoms with van der Waals surface area (Å²) in [4.78, 5) is 21.4. The van der Waals surface area contributed by atoms with Crippen LogP contribution in [0.3, 0.4) is 0 Å². The molecule has 0 fully saturated rings. The summed E-state index contributed by atoms with van der Waals surface area (Å²) in [7, 11) is 1.91. The highest BCUT2D eigenvalue weighted by Crippen LogP contribution is 2.25. The molecule has 0 saturated carbocycles. The SMILES string of the molecule is Cn1cccc1-c1cc(C(=O)NCc2ccncc2)c2cc(F)ccc2n1. The Balaban J connectivity index is 1.76. The average Bonchev–Trinajstić information content (AvgIpc) is 3.12. The number of pyridine rings is 2. The molecule has 1 amide bonds. The molecule has 0 spiro atoms. The van der Waals surface area contributed by atoms with E-state index >= 15 is 0 Å². The number of benzene rings is 1. The molecular formula is C21H17FN4O. The van der Waals surface area contributed by atoms with E-state index in [1.165, 1.54) is 12.1 Å². The van der Waals surface area contributed by atoms with Gasteiger partial charge in [-0.05, 0) is 54.1 Å². The van der Waals surface area contributed by atoms with Crippen molar-refractivity contribution < 1.29 is 9.18 Å². The quantitative estimate of drug-likeness (QED) is 0.604. The average molecular weight is 360 g/mol. The second-order valence-electron chi connectivity index (χ2n) is 6.26. The van der Waals surface area contributed by atoms with Crippen LogP contribution in [0.1, 0.15) is 15.9 Å². The van der Waals surface area contributed by atoms with E-state index in [0.717, 1.165) is 11.3 Å². The van der Waals surface area contributed by atoms with Crippen molar-refractivity contribution >= 4 is 16.8 Å². The Bertz CT molecular complexity index is 1120. The van der Waals surface area contributed by atoms with Crippen LogP contribution in [0.25, 0.3) is 22.3 Å². The topological polar surface area (TPSA) is 59.8 Å². The van der Waals surface area contributed by atoms with Gasteiger partial charge in [0.05, 0.1) is 22.5 Å². The van der Waals surface area contributed by atoms with E-state index in [2.05, 4.69) is 15.3 Å². The summed E-state index contributed by atoms with van der Waals surface area (Å²) in [5, 5.41) is 3.38. The number of nitrogens with zero attached hydrogens (tertiary/aromatic N) is 3. The largest absolute Gasteiger partial charge is 0.349 e. The second-order valence-corrected chi connectivity index (χ2v) is 6.26. The number of hydrogen-bond acceptors (Lipinski definition) is 3. The first kappa shape index (κ1) is 16.9. The van der Waals surface area contributed by atoms with Gasteiger partial charge < -0.3 is 9.88 Å². The number of hydrogen-bond donors (Lipinski definition) is 1. The van der Waals surface area contributed by atoms with Gasteiger partial charge in [0.1, 0.15) is 5.82 Å². The molecule has 4 rings (SSSR count). The molecule has 0 aliphatic heterocycles. The molecule has 27 heavy (non-hydrogen) atoms. The van der Waals surface area contributed by atoms with Gasteiger partial charge >= 0.3 is 0 Å². The fourth-order valence-electron chi connectivity index (χ4n) is 3.02. The molecule has 0 aliphatic rings. The van der Waals surface area contributed by atoms with Crippen LogP contribution in [0.2, 0.25) is 0 Å². The zero-order valence-electron chi connectivity index (χ0n) is 14.7. The summed E-state index contributed by atoms with van der Waals surface area (Å²) in [6.45, 7) is 0.361. The zero-order valence-corrected chi connectivity index (χ0v) is 14.7. The van der Waals surface area contributed by atoms with E-state index in [9.17, 15) is 9.18 Å². The number of aromatic nitrogens is 3. The smallest absolute Gasteiger partial charge is 0.252 e. The third-order valence-corrected chi connectivity index (χ3v) is 4.42. The molecule has 4 aromatic rings. The monoisotopic (exact) mass is 360 g/mol. The van der Waals surface area contributed by atoms with Crippen LogP contribution in [0, 0.1) is 5.82 Å². The molecule has 0 atom stereocenters. The second kappa shape index (κ2) is 6.99. The van der Waals surface area contributed by atoms with Gasteiger partial charge in [-0.1, -0.05) is 0 Å². The van der Waals surface area contributed by atoms with Crippen LogP contribution in [-0.4, -0.2) is 20.4 Å². The molecule has 1 N–H and O–H groups in total. The number of carbonyl (C=O) groups excluding carboxylic acids is 1. The lowest BCUT2D eigenvalue weighted by atomic mass is 10.1. The van der Waals surface area contributed by atoms with Crippen molar-refractivity contribution in [2.24, 2.45) is 7.05 Å². The predicted molar refractivity (Wildman–Crippen MR) is 102 cm³/mol. The maximum atomic E-state index is 13.8. The lowest BCUT2D eigenvalue weighted by Gasteiger charge is -2.11. The molecule has 0 unspecified atom stereocenters. The molecule has 0 aliphatic carbocycles. The summed E-state index contributed by atoms with van der Waals surface area (Å²) in [5.41, 5.74) is 3.44. The molecule has 6 heteroatoms. The highest BCUT2D eigenvalue weighted by atomic mass is 19.1. The highest BCUT2D eigenvalue weighted by Gasteiger charge is 2.15. The van der Waals surface area contributed by atoms with E-state index in [-0.39, 0.29) is 5.91 Å². The van der Waals surface area contributed by atoms with Crippen molar-refractivity contribution in [1.29, 1.82) is 0 Å². The Hall–Kier alpha value is -3.54. The van der Waals surface area contributed by atoms with Gasteiger partial charge in [0.15, 0.2) is 0 Å². The fraction of sp³-hybridized carbons (Fsp3) is 0.0952. The fourth-order valence-corrected chi connectivity index (χ4v) is 3.02. The normalized spacial score (nSPS) is 10.9. The zero-order chi connectivity index (χ0) is 18.8. The summed E-state index contributed by atoms with van der Waals surface area (Å²) in [6, 6.07) is 13.5. The first-order chi connectivity index (χ1) is 13.1. The maximum absolute atomic E-state index is 13.8. The van der Waals surface area contributed by atoms with E-state index in [4.69, 9.17) is 0 Å². The minimum absolute atomic E-state index is 0.278. The van der Waals surface area contributed by atoms with Crippen molar-refractivity contribution in [3.8, 4) is 11.4 Å². The predicted octanol–water partition coefficient (Wildman–Crippen LogP) is 3.70. The van der Waals surface area contributed by atoms with E-state index < -0.39 is 5.82 Å². The minimum atomic E-state index is -0.404. The molecule has 0 bridgehead atoms. The van der Waals surface area contributed by atoms with Crippen LogP contribution < -0.4 is 5.32 Å². The lowest BCUT2D eigenvalue weighted by Crippen LogP contribution is -2.23. The molecule has 0 saturated heterocycles. The Morgan fingerprint density at radius 2 is 1.96 bits per heavy atom. The standard InChI is InChI=1S/C21H17FN4O/c1-26-10-2-3-20(26)19-12-17(16-11-15(22)4-5-18(16)25-19)21(27)24-13-14-6-8-23-9-7-14/h2-12H,13H2,1H3,(H,24,27). The first-order valence-electron chi connectivity index (χ1n) is 8.51. The van der Waals surface area contributed by atoms with Crippen molar-refractivity contribution in [1.82, 2.24) is 19.9 Å². The number of fused-ring (bicyclic) bond motifs is 1. The van der Waals surface area contributed by atoms with E-state index in [1.54, 1.807) is 24.5 Å². The Kier molecular flexibility index (Phi) is 4.38. The Morgan fingerprint density at radius 1 is 1.15 bits per heavy atom. The van der Waals surface area contributed by atoms with Gasteiger partial charge in [-0.15, -0.1) is 0 Å². The van der Waals surface area contributed by atoms with Crippen LogP contribution in [-0.2, 0) is 13.6 Å². The lowest BCUT2D eigenvalue weighted by molar-refractivity contribution is 0.0952. The molecule has 3 heterocycles. The minimum Gasteiger partial charge on any atom is -0.349 e. The molecular weight excluding hydrogens is 343 g/mol. The number of amides is 1. The van der Waals surface area contributed by atoms with Gasteiger partial charge in [0.2, 0.25) is 0 Å². The van der Waals surface area contributed by atoms with E-state index in [1.807, 2.05) is 42.1 Å². The van der Waals surface area contributed by atoms with Crippen LogP contribution in [0.5, 0.6) is 0 Å². The van der Waals surface area contributed by atoms with Crippen molar-refractivity contribution in [3.63, 3.8) is 0 Å². The van der Waals surface area contributed by atoms with Gasteiger partial charge in [0, 0.05) is 37.6 Å². The number of nitrogens with one attached hydrogen (secondary N) is 1. The highest BCUT2D eigenvalue weighted by molar-refractivity contribution is 6.07. The maximum Gasteiger partial charge on any atom is 0.252 e. The van der Waals surface area contributed by atoms with Crippen LogP contribution in [0.15, 0.2) is 67.1 Å². The van der Waals surface area contributed by atoms with Crippen molar-refractivity contribution in [2.45, 2.75) is 6.54 Å². The molecule has 0 radical (unpaired) electrons. The summed E-state index contributed by atoms with van der Waals surface area (Å²) in [6.07, 6.45) is 5.26. The molecule has 1 aromatic carbocycles. The van der Waals surface area contributed by atoms with Gasteiger partial charge in [-0.3, -0.25) is 9.78 Å². The third-order valence-electron chi connectivity index (χ3n) is 4.42. The van der Waals surface area contributed by atoms with Crippen LogP contribution in [0.4, 0.5) is 4.39 Å². The Morgan fingerprint density at radius 3 is 2.70 bits per heavy atom. The third kappa shape index (κ3) is 3.42. The van der Waals surface area contributed by atoms with Gasteiger partial charge in [0.25, 0.3) is 5.91 Å². The number of aryl methyl sites for hydroxylation is 1. The van der Waals surface area contributed by atoms with Crippen LogP contribution >= 0.6 is 0 Å². The Labute approximate surface area is 155 Å². The van der Waals surface area contributed by atoms with Crippen molar-refractivity contribution in [3.05, 3.63) is 84.1 Å².